The summed E-state index contributed by atoms with van der Waals surface area (Å²) in [5, 5.41) is 33.9. The van der Waals surface area contributed by atoms with Crippen LogP contribution in [-0.2, 0) is 44.9 Å². The molecule has 4 fully saturated rings. The van der Waals surface area contributed by atoms with Gasteiger partial charge in [-0.25, -0.2) is 0 Å². The number of amides is 8. The van der Waals surface area contributed by atoms with Crippen LogP contribution >= 0.6 is 0 Å². The van der Waals surface area contributed by atoms with Crippen LogP contribution in [0.3, 0.4) is 0 Å². The van der Waals surface area contributed by atoms with Crippen LogP contribution < -0.4 is 69.3 Å². The standard InChI is InChI=1S/C72H95N13O10/c1-5-53(73-3)66(89)82-60-49(43-75-42-45-22-11-7-12-23-45)31-33-51-36-38-56(85(51)71(60)94)69(92)81-59(48-28-17-10-18-29-48)70(93)78-40-20-19-39-76-62-63(65(88)64(62)87)77-41-21-30-57(86)79-44-50-32-34-52-35-37-55(84(52)72(95)61(50)83-67(90)54(6-2)74-4)68(91)80-58(46-24-13-8-14-25-46)47-26-15-9-16-27-47/h7-18,22-29,49-56,58-61,73-77H,5-6,19-21,30-44H2,1-4H3,(H,78,93)(H,79,86)(H,80,91)(H,81,92)(H,82,89)(H,83,90)/t49-,50-,51+,52+,53+,54+,55+,56+,59+,60+,61?/m1/s1. The summed E-state index contributed by atoms with van der Waals surface area (Å²) in [5.41, 5.74) is 2.37. The summed E-state index contributed by atoms with van der Waals surface area (Å²) >= 11 is 0. The topological polar surface area (TPSA) is 310 Å². The Morgan fingerprint density at radius 3 is 1.42 bits per heavy atom. The van der Waals surface area contributed by atoms with Crippen LogP contribution in [-0.4, -0.2) is 152 Å². The maximum absolute atomic E-state index is 14.8. The Kier molecular flexibility index (Phi) is 25.7. The van der Waals surface area contributed by atoms with E-state index in [4.69, 9.17) is 0 Å². The average Bonchev–Trinajstić information content (AvgIpc) is 1.64. The highest BCUT2D eigenvalue weighted by Crippen LogP contribution is 2.37. The molecule has 5 aromatic rings. The molecule has 508 valence electrons. The summed E-state index contributed by atoms with van der Waals surface area (Å²) in [4.78, 5) is 142. The average molecular weight is 1300 g/mol. The highest BCUT2D eigenvalue weighted by Gasteiger charge is 2.50. The Balaban J connectivity index is 0.736. The number of unbranched alkanes of at least 4 members (excludes halogenated alkanes) is 1. The molecule has 4 aliphatic rings. The molecular formula is C72H95N13O10. The lowest BCUT2D eigenvalue weighted by molar-refractivity contribution is -0.144. The highest BCUT2D eigenvalue weighted by molar-refractivity contribution is 5.97. The Bertz CT molecular complexity index is 3420. The second-order valence-corrected chi connectivity index (χ2v) is 25.5. The van der Waals surface area contributed by atoms with Crippen LogP contribution in [0.5, 0.6) is 0 Å². The van der Waals surface area contributed by atoms with Crippen molar-refractivity contribution >= 4 is 58.6 Å². The van der Waals surface area contributed by atoms with Gasteiger partial charge < -0.3 is 68.3 Å². The van der Waals surface area contributed by atoms with Crippen molar-refractivity contribution in [3.63, 3.8) is 0 Å². The molecule has 11 N–H and O–H groups in total. The maximum atomic E-state index is 14.8. The van der Waals surface area contributed by atoms with Gasteiger partial charge in [0, 0.05) is 69.6 Å². The van der Waals surface area contributed by atoms with Gasteiger partial charge in [0.05, 0.1) is 18.1 Å². The molecule has 0 aliphatic carbocycles. The number of nitrogens with zero attached hydrogens (tertiary/aromatic N) is 2. The van der Waals surface area contributed by atoms with Crippen LogP contribution in [0.15, 0.2) is 131 Å². The van der Waals surface area contributed by atoms with Gasteiger partial charge in [0.25, 0.3) is 10.9 Å². The van der Waals surface area contributed by atoms with E-state index in [0.29, 0.717) is 109 Å². The first-order chi connectivity index (χ1) is 46.1. The number of anilines is 2. The molecule has 0 spiro atoms. The molecule has 23 nitrogen and oxygen atoms in total. The Labute approximate surface area is 556 Å². The smallest absolute Gasteiger partial charge is 0.253 e. The van der Waals surface area contributed by atoms with Crippen LogP contribution in [0.2, 0.25) is 0 Å². The first-order valence-corrected chi connectivity index (χ1v) is 34.1. The lowest BCUT2D eigenvalue weighted by Crippen LogP contribution is -2.59. The van der Waals surface area contributed by atoms with Gasteiger partial charge in [-0.2, -0.15) is 0 Å². The van der Waals surface area contributed by atoms with E-state index in [2.05, 4.69) is 58.5 Å². The van der Waals surface area contributed by atoms with Gasteiger partial charge in [0.1, 0.15) is 41.6 Å². The minimum absolute atomic E-state index is 0.0637. The SMILES string of the molecule is CC[C@H](NC)C(=O)NC1C(=O)N2[C@@H](CC[C@@H]1CNC(=O)CCCNc1c(NCCCCNC(=O)[C@@H](NC(=O)[C@@H]3CC[C@@H]4CC[C@H](CNCc5ccccc5)[C@H](NC(=O)[C@H](CC)NC)C(=O)N43)c3ccccc3)c(=O)c1=O)CC[C@H]2C(=O)NC(c1ccccc1)c1ccccc1. The third-order valence-electron chi connectivity index (χ3n) is 19.4. The molecule has 0 saturated carbocycles. The molecule has 9 rings (SSSR count). The summed E-state index contributed by atoms with van der Waals surface area (Å²) in [5.74, 6) is -3.51. The maximum Gasteiger partial charge on any atom is 0.253 e. The van der Waals surface area contributed by atoms with Crippen LogP contribution in [0.4, 0.5) is 11.4 Å². The lowest BCUT2D eigenvalue weighted by Gasteiger charge is -2.33. The predicted octanol–water partition coefficient (Wildman–Crippen LogP) is 3.96. The quantitative estimate of drug-likeness (QED) is 0.0209. The second-order valence-electron chi connectivity index (χ2n) is 25.5. The van der Waals surface area contributed by atoms with Crippen molar-refractivity contribution in [3.05, 3.63) is 164 Å². The Hall–Kier alpha value is -8.80. The Morgan fingerprint density at radius 2 is 0.926 bits per heavy atom. The number of hydrogen-bond donors (Lipinski definition) is 11. The fourth-order valence-electron chi connectivity index (χ4n) is 14.1. The number of rotatable bonds is 33. The van der Waals surface area contributed by atoms with Crippen molar-refractivity contribution in [1.29, 1.82) is 0 Å². The monoisotopic (exact) mass is 1300 g/mol. The molecule has 4 aliphatic heterocycles. The fraction of sp³-hybridized carbons (Fsp3) is 0.500. The zero-order chi connectivity index (χ0) is 67.4. The molecule has 8 amide bonds. The number of fused-ring (bicyclic) bond motifs is 2. The number of carbonyl (C=O) groups excluding carboxylic acids is 8. The zero-order valence-corrected chi connectivity index (χ0v) is 55.1. The lowest BCUT2D eigenvalue weighted by atomic mass is 9.92. The largest absolute Gasteiger partial charge is 0.380 e. The summed E-state index contributed by atoms with van der Waals surface area (Å²) in [7, 11) is 3.39. The molecular weight excluding hydrogens is 1210 g/mol. The van der Waals surface area contributed by atoms with Crippen molar-refractivity contribution in [3.8, 4) is 0 Å². The third-order valence-corrected chi connectivity index (χ3v) is 19.4. The summed E-state index contributed by atoms with van der Waals surface area (Å²) in [6.45, 7) is 5.66. The van der Waals surface area contributed by atoms with Gasteiger partial charge in [0.15, 0.2) is 0 Å². The molecule has 0 bridgehead atoms. The van der Waals surface area contributed by atoms with E-state index in [9.17, 15) is 47.9 Å². The minimum atomic E-state index is -1.08. The van der Waals surface area contributed by atoms with E-state index in [0.717, 1.165) is 16.7 Å². The van der Waals surface area contributed by atoms with Gasteiger partial charge in [0.2, 0.25) is 47.3 Å². The van der Waals surface area contributed by atoms with Gasteiger partial charge >= 0.3 is 0 Å². The van der Waals surface area contributed by atoms with Crippen molar-refractivity contribution in [2.45, 2.75) is 171 Å². The first kappa shape index (κ1) is 70.5. The number of nitrogens with one attached hydrogen (secondary N) is 11. The van der Waals surface area contributed by atoms with Crippen molar-refractivity contribution in [2.75, 3.05) is 57.5 Å². The zero-order valence-electron chi connectivity index (χ0n) is 55.1. The summed E-state index contributed by atoms with van der Waals surface area (Å²) < 4.78 is 0. The first-order valence-electron chi connectivity index (χ1n) is 34.1. The van der Waals surface area contributed by atoms with Crippen LogP contribution in [0.1, 0.15) is 138 Å². The third kappa shape index (κ3) is 17.8. The van der Waals surface area contributed by atoms with Gasteiger partial charge in [-0.1, -0.05) is 135 Å². The highest BCUT2D eigenvalue weighted by atomic mass is 16.2. The molecule has 23 heteroatoms. The minimum Gasteiger partial charge on any atom is -0.380 e. The molecule has 5 aromatic carbocycles. The summed E-state index contributed by atoms with van der Waals surface area (Å²) in [6.07, 6.45) is 6.81. The van der Waals surface area contributed by atoms with Crippen molar-refractivity contribution in [2.24, 2.45) is 11.8 Å². The predicted molar refractivity (Wildman–Crippen MR) is 364 cm³/mol. The molecule has 4 saturated heterocycles. The molecule has 0 radical (unpaired) electrons. The molecule has 95 heavy (non-hydrogen) atoms. The fourth-order valence-corrected chi connectivity index (χ4v) is 14.1. The van der Waals surface area contributed by atoms with Gasteiger partial charge in [-0.05, 0) is 120 Å². The van der Waals surface area contributed by atoms with E-state index in [1.165, 1.54) is 0 Å². The second kappa shape index (κ2) is 34.6. The van der Waals surface area contributed by atoms with Gasteiger partial charge in [-0.15, -0.1) is 0 Å². The number of hydrogen-bond acceptors (Lipinski definition) is 15. The van der Waals surface area contributed by atoms with Crippen LogP contribution in [0, 0.1) is 11.8 Å². The molecule has 0 aromatic heterocycles. The van der Waals surface area contributed by atoms with E-state index in [-0.39, 0.29) is 90.9 Å². The van der Waals surface area contributed by atoms with E-state index in [1.54, 1.807) is 48.2 Å². The van der Waals surface area contributed by atoms with Crippen molar-refractivity contribution < 1.29 is 38.4 Å². The van der Waals surface area contributed by atoms with E-state index >= 15 is 0 Å². The molecule has 1 unspecified atom stereocenters. The normalized spacial score (nSPS) is 21.9. The molecule has 11 atom stereocenters. The number of likely N-dealkylation sites (N-methyl/N-ethyl adjacent to an activating group) is 2. The molecule has 4 heterocycles. The number of benzene rings is 4. The van der Waals surface area contributed by atoms with E-state index < -0.39 is 76.9 Å². The van der Waals surface area contributed by atoms with E-state index in [1.807, 2.05) is 111 Å². The van der Waals surface area contributed by atoms with Crippen LogP contribution in [0.25, 0.3) is 0 Å². The Morgan fingerprint density at radius 1 is 0.484 bits per heavy atom. The van der Waals surface area contributed by atoms with Gasteiger partial charge in [-0.3, -0.25) is 47.9 Å². The summed E-state index contributed by atoms with van der Waals surface area (Å²) in [6, 6.07) is 31.6. The number of carbonyl (C=O) groups is 8. The van der Waals surface area contributed by atoms with Crippen molar-refractivity contribution in [1.82, 2.24) is 57.7 Å².